The van der Waals surface area contributed by atoms with E-state index in [0.29, 0.717) is 37.9 Å². The Hall–Kier alpha value is -3.50. The van der Waals surface area contributed by atoms with Crippen molar-refractivity contribution in [2.75, 3.05) is 50.1 Å². The van der Waals surface area contributed by atoms with Gasteiger partial charge in [-0.05, 0) is 12.8 Å². The smallest absolute Gasteiger partial charge is 0.481 e. The molecular weight excluding hydrogens is 939 g/mol. The van der Waals surface area contributed by atoms with Crippen molar-refractivity contribution in [2.24, 2.45) is 17.1 Å². The number of phosphoric ester groups is 3. The maximum absolute atomic E-state index is 12.7. The number of aromatic nitrogens is 4. The maximum atomic E-state index is 12.7. The zero-order valence-electron chi connectivity index (χ0n) is 34.6. The average molecular weight is 994 g/mol. The van der Waals surface area contributed by atoms with E-state index < -0.39 is 96.4 Å². The van der Waals surface area contributed by atoms with Crippen LogP contribution in [-0.4, -0.2) is 148 Å². The lowest BCUT2D eigenvalue weighted by Crippen LogP contribution is -2.46. The number of hydrogen-bond donors (Lipinski definition) is 11. The molecule has 2 aromatic heterocycles. The Labute approximate surface area is 369 Å². The number of rotatable bonds is 31. The quantitative estimate of drug-likeness (QED) is 0.0194. The number of carbonyl (C=O) groups is 4. The molecule has 13 N–H and O–H groups in total. The lowest BCUT2D eigenvalue weighted by atomic mass is 9.87. The number of aliphatic hydroxyl groups is 2. The van der Waals surface area contributed by atoms with Gasteiger partial charge in [0.2, 0.25) is 17.7 Å². The van der Waals surface area contributed by atoms with Crippen LogP contribution in [0.25, 0.3) is 11.2 Å². The summed E-state index contributed by atoms with van der Waals surface area (Å²) in [4.78, 5) is 99.5. The number of imidazole rings is 1. The highest BCUT2D eigenvalue weighted by molar-refractivity contribution is 7.99. The van der Waals surface area contributed by atoms with Crippen LogP contribution >= 0.6 is 35.2 Å². The summed E-state index contributed by atoms with van der Waals surface area (Å²) in [5.41, 5.74) is 9.55. The van der Waals surface area contributed by atoms with Crippen LogP contribution in [0, 0.1) is 16.7 Å². The second kappa shape index (κ2) is 24.9. The number of nitrogens with zero attached hydrogens (tertiary/aromatic N) is 4. The number of amides is 3. The van der Waals surface area contributed by atoms with E-state index in [1.165, 1.54) is 25.6 Å². The van der Waals surface area contributed by atoms with E-state index in [1.807, 2.05) is 0 Å². The fourth-order valence-electron chi connectivity index (χ4n) is 5.82. The van der Waals surface area contributed by atoms with Gasteiger partial charge in [-0.25, -0.2) is 28.6 Å². The van der Waals surface area contributed by atoms with Crippen LogP contribution in [0.2, 0.25) is 0 Å². The SMILES string of the molecule is CC(C)(COP(=O)(O)OP(=O)(O)OCC1OC(n2cnc3c(N)ncnc32)C(O)C1OP(=O)(O)O)C(O)C(=O)NCCC(=O)NCCSCC(=O)CCCCC[C@H](COC=N)C(N)=O. The molecule has 3 heterocycles. The molecule has 1 aliphatic heterocycles. The van der Waals surface area contributed by atoms with Crippen molar-refractivity contribution in [1.29, 1.82) is 5.41 Å². The van der Waals surface area contributed by atoms with Gasteiger partial charge in [0.15, 0.2) is 24.1 Å². The van der Waals surface area contributed by atoms with Crippen molar-refractivity contribution in [3.05, 3.63) is 12.7 Å². The Morgan fingerprint density at radius 2 is 1.73 bits per heavy atom. The van der Waals surface area contributed by atoms with Crippen molar-refractivity contribution >= 4 is 82.1 Å². The topological polar surface area (TPSA) is 440 Å². The number of nitrogens with two attached hydrogens (primary N) is 2. The van der Waals surface area contributed by atoms with Gasteiger partial charge in [0.25, 0.3) is 0 Å². The summed E-state index contributed by atoms with van der Waals surface area (Å²) in [5, 5.41) is 33.4. The van der Waals surface area contributed by atoms with Gasteiger partial charge in [0.1, 0.15) is 48.7 Å². The predicted molar refractivity (Wildman–Crippen MR) is 222 cm³/mol. The number of phosphoric acid groups is 3. The first-order valence-electron chi connectivity index (χ1n) is 19.2. The Morgan fingerprint density at radius 3 is 2.41 bits per heavy atom. The van der Waals surface area contributed by atoms with Crippen LogP contribution in [0.1, 0.15) is 58.6 Å². The van der Waals surface area contributed by atoms with E-state index in [-0.39, 0.29) is 54.6 Å². The molecule has 1 saturated heterocycles. The van der Waals surface area contributed by atoms with E-state index in [4.69, 9.17) is 35.4 Å². The number of carbonyl (C=O) groups excluding carboxylic acids is 4. The molecule has 28 nitrogen and oxygen atoms in total. The average Bonchev–Trinajstić information content (AvgIpc) is 3.76. The van der Waals surface area contributed by atoms with Crippen molar-refractivity contribution in [2.45, 2.75) is 83.0 Å². The number of anilines is 1. The maximum Gasteiger partial charge on any atom is 0.481 e. The van der Waals surface area contributed by atoms with Crippen molar-refractivity contribution in [1.82, 2.24) is 30.2 Å². The van der Waals surface area contributed by atoms with E-state index in [2.05, 4.69) is 34.4 Å². The largest absolute Gasteiger partial charge is 0.483 e. The third-order valence-electron chi connectivity index (χ3n) is 9.20. The van der Waals surface area contributed by atoms with E-state index >= 15 is 0 Å². The molecule has 2 aromatic rings. The molecule has 3 amide bonds. The van der Waals surface area contributed by atoms with Crippen LogP contribution in [0.15, 0.2) is 12.7 Å². The molecule has 0 bridgehead atoms. The monoisotopic (exact) mass is 993 g/mol. The summed E-state index contributed by atoms with van der Waals surface area (Å²) in [6, 6.07) is 0. The first kappa shape index (κ1) is 54.8. The number of primary amides is 1. The summed E-state index contributed by atoms with van der Waals surface area (Å²) in [6.45, 7) is 0.503. The molecule has 0 aliphatic carbocycles. The van der Waals surface area contributed by atoms with Gasteiger partial charge in [-0.15, -0.1) is 0 Å². The predicted octanol–water partition coefficient (Wildman–Crippen LogP) is -0.617. The Kier molecular flexibility index (Phi) is 21.3. The number of aliphatic hydroxyl groups excluding tert-OH is 2. The third kappa shape index (κ3) is 18.1. The zero-order chi connectivity index (χ0) is 47.9. The van der Waals surface area contributed by atoms with E-state index in [0.717, 1.165) is 23.6 Å². The summed E-state index contributed by atoms with van der Waals surface area (Å²) in [7, 11) is -16.4. The number of hydrogen-bond acceptors (Lipinski definition) is 21. The van der Waals surface area contributed by atoms with Gasteiger partial charge in [-0.3, -0.25) is 42.7 Å². The molecule has 7 unspecified atom stereocenters. The minimum Gasteiger partial charge on any atom is -0.483 e. The minimum atomic E-state index is -5.59. The van der Waals surface area contributed by atoms with Crippen LogP contribution in [0.3, 0.4) is 0 Å². The van der Waals surface area contributed by atoms with Crippen LogP contribution in [-0.2, 0) is 60.2 Å². The molecule has 1 fully saturated rings. The Balaban J connectivity index is 1.37. The molecular formula is C32H54N9O19P3S. The second-order valence-corrected chi connectivity index (χ2v) is 20.2. The summed E-state index contributed by atoms with van der Waals surface area (Å²) < 4.78 is 67.1. The highest BCUT2D eigenvalue weighted by atomic mass is 32.2. The van der Waals surface area contributed by atoms with E-state index in [1.54, 1.807) is 0 Å². The van der Waals surface area contributed by atoms with Gasteiger partial charge in [0, 0.05) is 37.1 Å². The number of nitrogen functional groups attached to an aromatic ring is 1. The lowest BCUT2D eigenvalue weighted by molar-refractivity contribution is -0.137. The number of unbranched alkanes of at least 4 members (excludes halogenated alkanes) is 2. The van der Waals surface area contributed by atoms with Gasteiger partial charge in [-0.1, -0.05) is 26.7 Å². The van der Waals surface area contributed by atoms with Gasteiger partial charge >= 0.3 is 23.5 Å². The minimum absolute atomic E-state index is 0.0223. The highest BCUT2D eigenvalue weighted by Crippen LogP contribution is 2.61. The first-order chi connectivity index (χ1) is 29.9. The molecule has 8 atom stereocenters. The normalized spacial score (nSPS) is 20.8. The van der Waals surface area contributed by atoms with Gasteiger partial charge < -0.3 is 61.4 Å². The van der Waals surface area contributed by atoms with Crippen molar-refractivity contribution in [3.8, 4) is 0 Å². The molecule has 0 saturated carbocycles. The van der Waals surface area contributed by atoms with Gasteiger partial charge in [-0.2, -0.15) is 16.1 Å². The molecule has 0 aromatic carbocycles. The molecule has 1 aliphatic rings. The van der Waals surface area contributed by atoms with Gasteiger partial charge in [0.05, 0.1) is 31.2 Å². The number of thioether (sulfide) groups is 1. The Morgan fingerprint density at radius 1 is 1.03 bits per heavy atom. The first-order valence-corrected chi connectivity index (χ1v) is 24.9. The number of fused-ring (bicyclic) bond motifs is 1. The van der Waals surface area contributed by atoms with Crippen LogP contribution in [0.5, 0.6) is 0 Å². The summed E-state index contributed by atoms with van der Waals surface area (Å²) in [6.07, 6.45) is -3.38. The standard InChI is InChI=1S/C32H54N9O19P3S/c1-32(2,26(45)30(47)37-9-8-22(43)36-10-11-64-14-20(42)7-5-3-4-6-19(28(35)46)12-55-16-33)15-57-63(53,54)60-62(51,52)56-13-21-25(59-61(48,49)50)24(44)31(58-21)41-18-40-23-27(34)38-17-39-29(23)41/h16-19,21,24-26,31,33,44-45H,3-15H2,1-2H3,(H2,35,46)(H,36,43)(H,37,47)(H,51,52)(H,53,54)(H2,34,38,39)(H2,48,49,50)/t19-,21?,24?,25?,26?,31?/m1/s1. The fourth-order valence-corrected chi connectivity index (χ4v) is 9.41. The molecule has 64 heavy (non-hydrogen) atoms. The molecule has 362 valence electrons. The third-order valence-corrected chi connectivity index (χ3v) is 13.3. The number of ketones is 1. The lowest BCUT2D eigenvalue weighted by Gasteiger charge is -2.30. The molecule has 0 spiro atoms. The number of nitrogens with one attached hydrogen (secondary N) is 3. The molecule has 3 rings (SSSR count). The van der Waals surface area contributed by atoms with Crippen LogP contribution in [0.4, 0.5) is 5.82 Å². The molecule has 32 heteroatoms. The zero-order valence-corrected chi connectivity index (χ0v) is 38.1. The molecule has 0 radical (unpaired) electrons. The second-order valence-electron chi connectivity index (χ2n) is 14.8. The number of ether oxygens (including phenoxy) is 2. The summed E-state index contributed by atoms with van der Waals surface area (Å²) >= 11 is 1.33. The van der Waals surface area contributed by atoms with Crippen LogP contribution < -0.4 is 22.1 Å². The number of Topliss-reactive ketones (excluding diaryl/α,β-unsaturated/α-hetero) is 1. The summed E-state index contributed by atoms with van der Waals surface area (Å²) in [5.74, 6) is -1.77. The van der Waals surface area contributed by atoms with Crippen molar-refractivity contribution in [3.63, 3.8) is 0 Å². The Bertz CT molecular complexity index is 2060. The fraction of sp³-hybridized carbons (Fsp3) is 0.688. The van der Waals surface area contributed by atoms with Crippen molar-refractivity contribution < 1.29 is 90.0 Å². The van der Waals surface area contributed by atoms with E-state index in [9.17, 15) is 62.7 Å². The highest BCUT2D eigenvalue weighted by Gasteiger charge is 2.50.